The Labute approximate surface area is 155 Å². The number of rotatable bonds is 9. The zero-order valence-corrected chi connectivity index (χ0v) is 15.6. The lowest BCUT2D eigenvalue weighted by Gasteiger charge is -2.12. The van der Waals surface area contributed by atoms with Crippen molar-refractivity contribution in [3.05, 3.63) is 53.6 Å². The van der Waals surface area contributed by atoms with E-state index in [9.17, 15) is 0 Å². The lowest BCUT2D eigenvalue weighted by atomic mass is 10.1. The summed E-state index contributed by atoms with van der Waals surface area (Å²) in [6.07, 6.45) is 0. The minimum absolute atomic E-state index is 0.315. The molecule has 0 atom stereocenters. The van der Waals surface area contributed by atoms with Crippen molar-refractivity contribution in [3.8, 4) is 11.5 Å². The molecule has 0 bridgehead atoms. The smallest absolute Gasteiger partial charge is 0.193 e. The highest BCUT2D eigenvalue weighted by Crippen LogP contribution is 2.23. The van der Waals surface area contributed by atoms with Gasteiger partial charge in [0.1, 0.15) is 18.1 Å². The molecule has 2 aromatic carbocycles. The fraction of sp³-hybridized carbons (Fsp3) is 0.350. The highest BCUT2D eigenvalue weighted by Gasteiger charge is 2.06. The second-order valence-corrected chi connectivity index (χ2v) is 5.68. The monoisotopic (exact) mass is 357 g/mol. The van der Waals surface area contributed by atoms with Crippen LogP contribution in [0.2, 0.25) is 0 Å². The van der Waals surface area contributed by atoms with Crippen LogP contribution in [0.1, 0.15) is 18.1 Å². The second-order valence-electron chi connectivity index (χ2n) is 5.68. The maximum atomic E-state index is 6.02. The van der Waals surface area contributed by atoms with Gasteiger partial charge >= 0.3 is 0 Å². The molecule has 0 heterocycles. The minimum Gasteiger partial charge on any atom is -0.495 e. The fourth-order valence-corrected chi connectivity index (χ4v) is 2.38. The van der Waals surface area contributed by atoms with Gasteiger partial charge in [-0.3, -0.25) is 0 Å². The number of hydrogen-bond acceptors (Lipinski definition) is 4. The van der Waals surface area contributed by atoms with Gasteiger partial charge in [-0.05, 0) is 37.6 Å². The number of aliphatic imine (C=N–C) groups is 1. The van der Waals surface area contributed by atoms with Gasteiger partial charge in [0, 0.05) is 12.2 Å². The molecule has 0 saturated heterocycles. The number of nitrogens with two attached hydrogens (primary N) is 1. The summed E-state index contributed by atoms with van der Waals surface area (Å²) in [6.45, 7) is 6.15. The highest BCUT2D eigenvalue weighted by atomic mass is 16.5. The van der Waals surface area contributed by atoms with Crippen LogP contribution in [-0.4, -0.2) is 32.9 Å². The molecule has 3 N–H and O–H groups in total. The number of anilines is 1. The van der Waals surface area contributed by atoms with Gasteiger partial charge in [0.25, 0.3) is 0 Å². The van der Waals surface area contributed by atoms with Gasteiger partial charge in [-0.2, -0.15) is 0 Å². The van der Waals surface area contributed by atoms with Crippen LogP contribution in [0.25, 0.3) is 0 Å². The Morgan fingerprint density at radius 3 is 2.69 bits per heavy atom. The first kappa shape index (κ1) is 19.6. The first-order valence-corrected chi connectivity index (χ1v) is 8.64. The van der Waals surface area contributed by atoms with Gasteiger partial charge in [0.05, 0.1) is 25.9 Å². The molecule has 2 rings (SSSR count). The molecule has 0 aliphatic rings. The van der Waals surface area contributed by atoms with E-state index in [0.29, 0.717) is 38.1 Å². The third-order valence-electron chi connectivity index (χ3n) is 3.70. The molecule has 0 aromatic heterocycles. The molecular formula is C20H27N3O3. The van der Waals surface area contributed by atoms with Crippen LogP contribution in [0.4, 0.5) is 5.69 Å². The molecule has 6 heteroatoms. The average molecular weight is 357 g/mol. The Bertz CT molecular complexity index is 732. The predicted octanol–water partition coefficient (Wildman–Crippen LogP) is 3.35. The van der Waals surface area contributed by atoms with Crippen LogP contribution in [-0.2, 0) is 11.3 Å². The molecule has 26 heavy (non-hydrogen) atoms. The number of guanidine groups is 1. The molecule has 2 aromatic rings. The Hall–Kier alpha value is -2.73. The van der Waals surface area contributed by atoms with E-state index >= 15 is 0 Å². The van der Waals surface area contributed by atoms with E-state index in [-0.39, 0.29) is 0 Å². The lowest BCUT2D eigenvalue weighted by molar-refractivity contribution is 0.110. The van der Waals surface area contributed by atoms with Gasteiger partial charge < -0.3 is 25.3 Å². The summed E-state index contributed by atoms with van der Waals surface area (Å²) in [4.78, 5) is 4.42. The first-order valence-electron chi connectivity index (χ1n) is 8.64. The normalized spacial score (nSPS) is 11.3. The first-order chi connectivity index (χ1) is 12.6. The summed E-state index contributed by atoms with van der Waals surface area (Å²) in [7, 11) is 1.62. The number of nitrogens with one attached hydrogen (secondary N) is 1. The predicted molar refractivity (Wildman–Crippen MR) is 105 cm³/mol. The molecule has 0 amide bonds. The Morgan fingerprint density at radius 1 is 1.12 bits per heavy atom. The molecule has 0 unspecified atom stereocenters. The highest BCUT2D eigenvalue weighted by molar-refractivity contribution is 5.93. The summed E-state index contributed by atoms with van der Waals surface area (Å²) < 4.78 is 16.4. The standard InChI is InChI=1S/C20H27N3O3/c1-4-25-11-12-26-19-13-15(2)9-10-16(19)14-22-20(21)23-17-7-5-6-8-18(17)24-3/h5-10,13H,4,11-12,14H2,1-3H3,(H3,21,22,23). The SMILES string of the molecule is CCOCCOc1cc(C)ccc1CN=C(N)Nc1ccccc1OC. The third kappa shape index (κ3) is 5.97. The third-order valence-corrected chi connectivity index (χ3v) is 3.70. The van der Waals surface area contributed by atoms with Crippen molar-refractivity contribution in [1.29, 1.82) is 0 Å². The van der Waals surface area contributed by atoms with Crippen LogP contribution >= 0.6 is 0 Å². The molecule has 0 aliphatic carbocycles. The van der Waals surface area contributed by atoms with E-state index in [1.54, 1.807) is 7.11 Å². The van der Waals surface area contributed by atoms with Crippen LogP contribution in [0, 0.1) is 6.92 Å². The molecular weight excluding hydrogens is 330 g/mol. The zero-order chi connectivity index (χ0) is 18.8. The molecule has 0 spiro atoms. The largest absolute Gasteiger partial charge is 0.495 e. The number of para-hydroxylation sites is 2. The van der Waals surface area contributed by atoms with E-state index in [0.717, 1.165) is 22.6 Å². The van der Waals surface area contributed by atoms with Crippen molar-refractivity contribution in [2.24, 2.45) is 10.7 Å². The average Bonchev–Trinajstić information content (AvgIpc) is 2.65. The van der Waals surface area contributed by atoms with Crippen LogP contribution < -0.4 is 20.5 Å². The summed E-state index contributed by atoms with van der Waals surface area (Å²) >= 11 is 0. The lowest BCUT2D eigenvalue weighted by Crippen LogP contribution is -2.23. The van der Waals surface area contributed by atoms with Gasteiger partial charge in [-0.1, -0.05) is 24.3 Å². The van der Waals surface area contributed by atoms with Gasteiger partial charge in [-0.15, -0.1) is 0 Å². The minimum atomic E-state index is 0.315. The van der Waals surface area contributed by atoms with E-state index in [1.165, 1.54) is 0 Å². The van der Waals surface area contributed by atoms with E-state index in [2.05, 4.69) is 10.3 Å². The number of hydrogen-bond donors (Lipinski definition) is 2. The van der Waals surface area contributed by atoms with Crippen molar-refractivity contribution in [1.82, 2.24) is 0 Å². The quantitative estimate of drug-likeness (QED) is 0.409. The maximum Gasteiger partial charge on any atom is 0.193 e. The fourth-order valence-electron chi connectivity index (χ4n) is 2.38. The molecule has 140 valence electrons. The number of benzene rings is 2. The summed E-state index contributed by atoms with van der Waals surface area (Å²) in [5.41, 5.74) is 8.89. The van der Waals surface area contributed by atoms with Crippen molar-refractivity contribution in [3.63, 3.8) is 0 Å². The molecule has 0 saturated carbocycles. The maximum absolute atomic E-state index is 6.02. The van der Waals surface area contributed by atoms with Gasteiger partial charge in [0.15, 0.2) is 5.96 Å². The van der Waals surface area contributed by atoms with Gasteiger partial charge in [-0.25, -0.2) is 4.99 Å². The number of nitrogens with zero attached hydrogens (tertiary/aromatic N) is 1. The molecule has 0 fully saturated rings. The molecule has 0 aliphatic heterocycles. The van der Waals surface area contributed by atoms with Crippen molar-refractivity contribution < 1.29 is 14.2 Å². The Balaban J connectivity index is 2.03. The zero-order valence-electron chi connectivity index (χ0n) is 15.6. The Kier molecular flexibility index (Phi) is 7.76. The van der Waals surface area contributed by atoms with Crippen LogP contribution in [0.15, 0.2) is 47.5 Å². The van der Waals surface area contributed by atoms with Gasteiger partial charge in [0.2, 0.25) is 0 Å². The number of methoxy groups -OCH3 is 1. The molecule has 0 radical (unpaired) electrons. The van der Waals surface area contributed by atoms with Crippen LogP contribution in [0.3, 0.4) is 0 Å². The summed E-state index contributed by atoms with van der Waals surface area (Å²) in [5, 5.41) is 3.06. The van der Waals surface area contributed by atoms with Crippen molar-refractivity contribution >= 4 is 11.6 Å². The summed E-state index contributed by atoms with van der Waals surface area (Å²) in [6, 6.07) is 13.6. The van der Waals surface area contributed by atoms with E-state index < -0.39 is 0 Å². The van der Waals surface area contributed by atoms with Crippen molar-refractivity contribution in [2.45, 2.75) is 20.4 Å². The topological polar surface area (TPSA) is 78.1 Å². The van der Waals surface area contributed by atoms with Crippen molar-refractivity contribution in [2.75, 3.05) is 32.2 Å². The second kappa shape index (κ2) is 10.3. The number of aryl methyl sites for hydroxylation is 1. The Morgan fingerprint density at radius 2 is 1.92 bits per heavy atom. The summed E-state index contributed by atoms with van der Waals surface area (Å²) in [5.74, 6) is 1.83. The van der Waals surface area contributed by atoms with E-state index in [1.807, 2.05) is 56.3 Å². The van der Waals surface area contributed by atoms with Crippen LogP contribution in [0.5, 0.6) is 11.5 Å². The van der Waals surface area contributed by atoms with E-state index in [4.69, 9.17) is 19.9 Å². The molecule has 6 nitrogen and oxygen atoms in total. The number of ether oxygens (including phenoxy) is 3.